The second-order valence-electron chi connectivity index (χ2n) is 8.33. The first-order valence-electron chi connectivity index (χ1n) is 10.9. The Morgan fingerprint density at radius 2 is 2.03 bits per heavy atom. The van der Waals surface area contributed by atoms with E-state index in [4.69, 9.17) is 4.98 Å². The molecule has 1 saturated heterocycles. The number of hydrogen-bond donors (Lipinski definition) is 0. The third-order valence-electron chi connectivity index (χ3n) is 6.60. The van der Waals surface area contributed by atoms with Gasteiger partial charge in [0.15, 0.2) is 0 Å². The predicted octanol–water partition coefficient (Wildman–Crippen LogP) is 4.09. The number of carbonyl (C=O) groups excluding carboxylic acids is 2. The van der Waals surface area contributed by atoms with Gasteiger partial charge in [0.2, 0.25) is 0 Å². The summed E-state index contributed by atoms with van der Waals surface area (Å²) in [6.07, 6.45) is 8.21. The number of pyridine rings is 1. The van der Waals surface area contributed by atoms with Crippen LogP contribution < -0.4 is 0 Å². The van der Waals surface area contributed by atoms with Crippen LogP contribution in [0.15, 0.2) is 42.7 Å². The van der Waals surface area contributed by atoms with Gasteiger partial charge in [-0.15, -0.1) is 0 Å². The summed E-state index contributed by atoms with van der Waals surface area (Å²) in [5, 5.41) is 5.22. The van der Waals surface area contributed by atoms with E-state index in [1.54, 1.807) is 6.20 Å². The highest BCUT2D eigenvalue weighted by Gasteiger charge is 2.41. The second kappa shape index (κ2) is 7.67. The van der Waals surface area contributed by atoms with Gasteiger partial charge in [-0.1, -0.05) is 31.0 Å². The average Bonchev–Trinajstić information content (AvgIpc) is 3.28. The molecule has 1 aromatic carbocycles. The number of rotatable bonds is 3. The van der Waals surface area contributed by atoms with Crippen LogP contribution in [0.25, 0.3) is 22.2 Å². The van der Waals surface area contributed by atoms with E-state index in [1.807, 2.05) is 53.0 Å². The largest absolute Gasteiger partial charge is 0.334 e. The molecule has 2 aromatic heterocycles. The lowest BCUT2D eigenvalue weighted by Crippen LogP contribution is -2.53. The molecule has 2 fully saturated rings. The van der Waals surface area contributed by atoms with Crippen molar-refractivity contribution in [3.63, 3.8) is 0 Å². The molecule has 3 heterocycles. The van der Waals surface area contributed by atoms with Gasteiger partial charge in [-0.25, -0.2) is 4.98 Å². The first kappa shape index (κ1) is 19.0. The molecule has 154 valence electrons. The highest BCUT2D eigenvalue weighted by molar-refractivity contribution is 6.07. The van der Waals surface area contributed by atoms with E-state index in [-0.39, 0.29) is 17.9 Å². The van der Waals surface area contributed by atoms with Crippen LogP contribution in [-0.4, -0.2) is 43.9 Å². The summed E-state index contributed by atoms with van der Waals surface area (Å²) in [6, 6.07) is 9.73. The van der Waals surface area contributed by atoms with E-state index >= 15 is 0 Å². The van der Waals surface area contributed by atoms with Crippen molar-refractivity contribution in [2.24, 2.45) is 5.92 Å². The summed E-state index contributed by atoms with van der Waals surface area (Å²) < 4.78 is 1.86. The molecule has 2 aliphatic rings. The van der Waals surface area contributed by atoms with E-state index in [1.165, 1.54) is 0 Å². The standard InChI is InChI=1S/C24H26N4O2/c1-2-27-15-16(14-25-27)21-13-19(17-7-3-5-9-20(17)26-21)24(30)28-12-11-23(29)18-8-4-6-10-22(18)28/h3,5,7,9,13-15,18,22H,2,4,6,8,10-12H2,1H3. The summed E-state index contributed by atoms with van der Waals surface area (Å²) in [5.41, 5.74) is 3.13. The van der Waals surface area contributed by atoms with Crippen LogP contribution in [0.4, 0.5) is 0 Å². The summed E-state index contributed by atoms with van der Waals surface area (Å²) in [4.78, 5) is 33.0. The molecular weight excluding hydrogens is 376 g/mol. The van der Waals surface area contributed by atoms with Crippen molar-refractivity contribution in [2.75, 3.05) is 6.54 Å². The van der Waals surface area contributed by atoms with Crippen LogP contribution in [0.3, 0.4) is 0 Å². The Bertz CT molecular complexity index is 1120. The SMILES string of the molecule is CCn1cc(-c2cc(C(=O)N3CCC(=O)C4CCCCC43)c3ccccc3n2)cn1. The highest BCUT2D eigenvalue weighted by Crippen LogP contribution is 2.35. The van der Waals surface area contributed by atoms with Gasteiger partial charge in [0.05, 0.1) is 23.0 Å². The van der Waals surface area contributed by atoms with Crippen molar-refractivity contribution in [1.82, 2.24) is 19.7 Å². The number of Topliss-reactive ketones (excluding diaryl/α,β-unsaturated/α-hetero) is 1. The number of aromatic nitrogens is 3. The van der Waals surface area contributed by atoms with Gasteiger partial charge in [0.1, 0.15) is 5.78 Å². The van der Waals surface area contributed by atoms with Gasteiger partial charge >= 0.3 is 0 Å². The molecule has 1 aliphatic carbocycles. The van der Waals surface area contributed by atoms with Crippen LogP contribution in [0.5, 0.6) is 0 Å². The summed E-state index contributed by atoms with van der Waals surface area (Å²) in [6.45, 7) is 3.33. The number of aryl methyl sites for hydroxylation is 1. The normalized spacial score (nSPS) is 21.6. The molecule has 1 aliphatic heterocycles. The number of piperidine rings is 1. The maximum absolute atomic E-state index is 13.8. The fourth-order valence-electron chi connectivity index (χ4n) is 5.02. The molecule has 5 rings (SSSR count). The summed E-state index contributed by atoms with van der Waals surface area (Å²) in [5.74, 6) is 0.352. The lowest BCUT2D eigenvalue weighted by atomic mass is 9.77. The van der Waals surface area contributed by atoms with Gasteiger partial charge < -0.3 is 4.90 Å². The molecule has 3 aromatic rings. The fraction of sp³-hybridized carbons (Fsp3) is 0.417. The van der Waals surface area contributed by atoms with E-state index in [0.29, 0.717) is 24.3 Å². The monoisotopic (exact) mass is 402 g/mol. The summed E-state index contributed by atoms with van der Waals surface area (Å²) in [7, 11) is 0. The molecule has 1 amide bonds. The Hall–Kier alpha value is -3.02. The molecule has 6 nitrogen and oxygen atoms in total. The highest BCUT2D eigenvalue weighted by atomic mass is 16.2. The number of likely N-dealkylation sites (tertiary alicyclic amines) is 1. The minimum Gasteiger partial charge on any atom is -0.334 e. The molecule has 6 heteroatoms. The van der Waals surface area contributed by atoms with E-state index in [9.17, 15) is 9.59 Å². The first-order valence-corrected chi connectivity index (χ1v) is 10.9. The quantitative estimate of drug-likeness (QED) is 0.662. The number of ketones is 1. The molecule has 0 N–H and O–H groups in total. The zero-order chi connectivity index (χ0) is 20.7. The Morgan fingerprint density at radius 3 is 2.87 bits per heavy atom. The van der Waals surface area contributed by atoms with Crippen molar-refractivity contribution in [2.45, 2.75) is 51.6 Å². The Balaban J connectivity index is 1.58. The average molecular weight is 402 g/mol. The number of amides is 1. The Labute approximate surface area is 175 Å². The van der Waals surface area contributed by atoms with Gasteiger partial charge in [0.25, 0.3) is 5.91 Å². The van der Waals surface area contributed by atoms with E-state index in [0.717, 1.165) is 54.4 Å². The Kier molecular flexibility index (Phi) is 4.85. The fourth-order valence-corrected chi connectivity index (χ4v) is 5.02. The van der Waals surface area contributed by atoms with Gasteiger partial charge in [-0.2, -0.15) is 5.10 Å². The number of benzene rings is 1. The van der Waals surface area contributed by atoms with Gasteiger partial charge in [0, 0.05) is 48.6 Å². The van der Waals surface area contributed by atoms with E-state index in [2.05, 4.69) is 5.10 Å². The second-order valence-corrected chi connectivity index (χ2v) is 8.33. The van der Waals surface area contributed by atoms with Crippen LogP contribution in [0.2, 0.25) is 0 Å². The van der Waals surface area contributed by atoms with Crippen LogP contribution in [0, 0.1) is 5.92 Å². The van der Waals surface area contributed by atoms with Crippen molar-refractivity contribution in [3.05, 3.63) is 48.3 Å². The van der Waals surface area contributed by atoms with Gasteiger partial charge in [-0.3, -0.25) is 14.3 Å². The molecule has 2 atom stereocenters. The molecule has 0 radical (unpaired) electrons. The maximum Gasteiger partial charge on any atom is 0.254 e. The van der Waals surface area contributed by atoms with Crippen molar-refractivity contribution in [1.29, 1.82) is 0 Å². The number of hydrogen-bond acceptors (Lipinski definition) is 4. The number of para-hydroxylation sites is 1. The third kappa shape index (κ3) is 3.20. The smallest absolute Gasteiger partial charge is 0.254 e. The zero-order valence-corrected chi connectivity index (χ0v) is 17.3. The van der Waals surface area contributed by atoms with Crippen LogP contribution in [-0.2, 0) is 11.3 Å². The minimum absolute atomic E-state index is 0.00630. The first-order chi connectivity index (χ1) is 14.7. The maximum atomic E-state index is 13.8. The van der Waals surface area contributed by atoms with Crippen LogP contribution in [0.1, 0.15) is 49.4 Å². The molecule has 2 unspecified atom stereocenters. The van der Waals surface area contributed by atoms with Crippen LogP contribution >= 0.6 is 0 Å². The van der Waals surface area contributed by atoms with Crippen molar-refractivity contribution < 1.29 is 9.59 Å². The lowest BCUT2D eigenvalue weighted by Gasteiger charge is -2.43. The molecule has 1 saturated carbocycles. The lowest BCUT2D eigenvalue weighted by molar-refractivity contribution is -0.129. The van der Waals surface area contributed by atoms with Crippen molar-refractivity contribution >= 4 is 22.6 Å². The zero-order valence-electron chi connectivity index (χ0n) is 17.3. The Morgan fingerprint density at radius 1 is 1.20 bits per heavy atom. The van der Waals surface area contributed by atoms with Crippen molar-refractivity contribution in [3.8, 4) is 11.3 Å². The number of carbonyl (C=O) groups is 2. The number of fused-ring (bicyclic) bond motifs is 2. The molecule has 30 heavy (non-hydrogen) atoms. The summed E-state index contributed by atoms with van der Waals surface area (Å²) >= 11 is 0. The predicted molar refractivity (Wildman–Crippen MR) is 115 cm³/mol. The van der Waals surface area contributed by atoms with E-state index < -0.39 is 0 Å². The molecule has 0 bridgehead atoms. The third-order valence-corrected chi connectivity index (χ3v) is 6.60. The molecule has 0 spiro atoms. The topological polar surface area (TPSA) is 68.1 Å². The number of nitrogens with zero attached hydrogens (tertiary/aromatic N) is 4. The molecular formula is C24H26N4O2. The van der Waals surface area contributed by atoms with Gasteiger partial charge in [-0.05, 0) is 31.9 Å². The minimum atomic E-state index is 0.00630.